The Morgan fingerprint density at radius 1 is 0.839 bits per heavy atom. The molecular weight excluding hydrogens is 406 g/mol. The standard InChI is InChI=1S/C19H41N.C7H8O3S/c1-5-6-7-8-9-10-11-12-13-14-15-16-17-18(2)19(3,4)20;1-6-2-4-7(5-3-6)11(8,9)10/h18H,5-17,20H2,1-4H3;2-5H,1H3,(H,8,9,10). The van der Waals surface area contributed by atoms with E-state index in [0.717, 1.165) is 5.56 Å². The molecule has 0 radical (unpaired) electrons. The fourth-order valence-corrected chi connectivity index (χ4v) is 3.85. The summed E-state index contributed by atoms with van der Waals surface area (Å²) in [6.07, 6.45) is 18.4. The van der Waals surface area contributed by atoms with E-state index in [1.165, 1.54) is 95.6 Å². The van der Waals surface area contributed by atoms with Crippen molar-refractivity contribution in [1.82, 2.24) is 0 Å². The van der Waals surface area contributed by atoms with Gasteiger partial charge in [0, 0.05) is 5.54 Å². The fraction of sp³-hybridized carbons (Fsp3) is 0.769. The molecule has 0 bridgehead atoms. The minimum Gasteiger partial charge on any atom is -0.325 e. The average Bonchev–Trinajstić information content (AvgIpc) is 2.68. The van der Waals surface area contributed by atoms with E-state index in [2.05, 4.69) is 27.7 Å². The maximum Gasteiger partial charge on any atom is 0.294 e. The number of rotatable bonds is 15. The molecule has 1 atom stereocenters. The van der Waals surface area contributed by atoms with E-state index in [1.807, 2.05) is 6.92 Å². The van der Waals surface area contributed by atoms with Crippen LogP contribution < -0.4 is 5.73 Å². The SMILES string of the molecule is CCCCCCCCCCCCCCC(C)C(C)(C)N.Cc1ccc(S(=O)(=O)O)cc1. The quantitative estimate of drug-likeness (QED) is 0.210. The van der Waals surface area contributed by atoms with Crippen LogP contribution in [0.15, 0.2) is 29.2 Å². The Balaban J connectivity index is 0.000000683. The lowest BCUT2D eigenvalue weighted by atomic mass is 9.86. The second-order valence-corrected chi connectivity index (χ2v) is 11.1. The van der Waals surface area contributed by atoms with Gasteiger partial charge in [0.1, 0.15) is 0 Å². The van der Waals surface area contributed by atoms with Crippen molar-refractivity contribution in [3.63, 3.8) is 0 Å². The summed E-state index contributed by atoms with van der Waals surface area (Å²) in [6, 6.07) is 5.99. The number of nitrogens with two attached hydrogens (primary N) is 1. The average molecular weight is 456 g/mol. The highest BCUT2D eigenvalue weighted by atomic mass is 32.2. The van der Waals surface area contributed by atoms with Crippen LogP contribution in [0, 0.1) is 12.8 Å². The van der Waals surface area contributed by atoms with Gasteiger partial charge < -0.3 is 5.73 Å². The van der Waals surface area contributed by atoms with Crippen LogP contribution >= 0.6 is 0 Å². The van der Waals surface area contributed by atoms with Gasteiger partial charge in [0.15, 0.2) is 0 Å². The van der Waals surface area contributed by atoms with Gasteiger partial charge in [0.2, 0.25) is 0 Å². The zero-order chi connectivity index (χ0) is 23.8. The molecule has 4 nitrogen and oxygen atoms in total. The predicted octanol–water partition coefficient (Wildman–Crippen LogP) is 7.69. The zero-order valence-electron chi connectivity index (χ0n) is 20.8. The molecular formula is C26H49NO3S. The predicted molar refractivity (Wildman–Crippen MR) is 134 cm³/mol. The van der Waals surface area contributed by atoms with Gasteiger partial charge in [-0.1, -0.05) is 109 Å². The minimum atomic E-state index is -4.02. The van der Waals surface area contributed by atoms with Gasteiger partial charge in [-0.15, -0.1) is 0 Å². The molecule has 182 valence electrons. The highest BCUT2D eigenvalue weighted by Crippen LogP contribution is 2.20. The van der Waals surface area contributed by atoms with Crippen molar-refractivity contribution in [2.75, 3.05) is 0 Å². The second kappa shape index (κ2) is 16.7. The summed E-state index contributed by atoms with van der Waals surface area (Å²) in [5.41, 5.74) is 7.07. The maximum absolute atomic E-state index is 10.5. The van der Waals surface area contributed by atoms with E-state index in [-0.39, 0.29) is 10.4 Å². The molecule has 5 heteroatoms. The molecule has 0 amide bonds. The largest absolute Gasteiger partial charge is 0.325 e. The number of benzene rings is 1. The first kappa shape index (κ1) is 30.1. The van der Waals surface area contributed by atoms with Crippen LogP contribution in [-0.2, 0) is 10.1 Å². The van der Waals surface area contributed by atoms with Crippen molar-refractivity contribution in [2.24, 2.45) is 11.7 Å². The van der Waals surface area contributed by atoms with Gasteiger partial charge in [0.05, 0.1) is 4.90 Å². The van der Waals surface area contributed by atoms with Crippen molar-refractivity contribution < 1.29 is 13.0 Å². The zero-order valence-corrected chi connectivity index (χ0v) is 21.6. The van der Waals surface area contributed by atoms with Crippen LogP contribution in [0.2, 0.25) is 0 Å². The molecule has 0 heterocycles. The molecule has 0 aliphatic carbocycles. The van der Waals surface area contributed by atoms with Crippen molar-refractivity contribution >= 4 is 10.1 Å². The van der Waals surface area contributed by atoms with Gasteiger partial charge in [-0.05, 0) is 45.2 Å². The van der Waals surface area contributed by atoms with E-state index in [0.29, 0.717) is 5.92 Å². The summed E-state index contributed by atoms with van der Waals surface area (Å²) in [6.45, 7) is 10.7. The van der Waals surface area contributed by atoms with Gasteiger partial charge >= 0.3 is 0 Å². The Hall–Kier alpha value is -0.910. The Bertz CT molecular complexity index is 648. The van der Waals surface area contributed by atoms with E-state index >= 15 is 0 Å². The molecule has 31 heavy (non-hydrogen) atoms. The molecule has 0 aliphatic rings. The normalized spacial score (nSPS) is 12.9. The van der Waals surface area contributed by atoms with E-state index in [1.54, 1.807) is 12.1 Å². The third-order valence-corrected chi connectivity index (χ3v) is 6.95. The highest BCUT2D eigenvalue weighted by molar-refractivity contribution is 7.85. The van der Waals surface area contributed by atoms with Crippen LogP contribution in [0.4, 0.5) is 0 Å². The lowest BCUT2D eigenvalue weighted by Crippen LogP contribution is -2.39. The molecule has 0 aromatic heterocycles. The Labute approximate surface area is 193 Å². The lowest BCUT2D eigenvalue weighted by Gasteiger charge is -2.27. The third-order valence-electron chi connectivity index (χ3n) is 6.08. The third kappa shape index (κ3) is 17.3. The fourth-order valence-electron chi connectivity index (χ4n) is 3.37. The van der Waals surface area contributed by atoms with Gasteiger partial charge in [-0.2, -0.15) is 8.42 Å². The summed E-state index contributed by atoms with van der Waals surface area (Å²) in [5, 5.41) is 0. The molecule has 0 saturated heterocycles. The van der Waals surface area contributed by atoms with Gasteiger partial charge in [-0.25, -0.2) is 0 Å². The van der Waals surface area contributed by atoms with E-state index in [9.17, 15) is 8.42 Å². The molecule has 0 fully saturated rings. The summed E-state index contributed by atoms with van der Waals surface area (Å²) in [4.78, 5) is -0.0666. The van der Waals surface area contributed by atoms with Crippen molar-refractivity contribution in [3.8, 4) is 0 Å². The van der Waals surface area contributed by atoms with E-state index in [4.69, 9.17) is 10.3 Å². The molecule has 0 spiro atoms. The van der Waals surface area contributed by atoms with Crippen LogP contribution in [0.3, 0.4) is 0 Å². The number of hydrogen-bond acceptors (Lipinski definition) is 3. The lowest BCUT2D eigenvalue weighted by molar-refractivity contribution is 0.316. The number of unbranched alkanes of at least 4 members (excludes halogenated alkanes) is 11. The number of aryl methyl sites for hydroxylation is 1. The molecule has 1 rings (SSSR count). The summed E-state index contributed by atoms with van der Waals surface area (Å²) in [5.74, 6) is 0.644. The molecule has 0 aliphatic heterocycles. The minimum absolute atomic E-state index is 0.00221. The Morgan fingerprint density at radius 2 is 1.23 bits per heavy atom. The molecule has 3 N–H and O–H groups in total. The Kier molecular flexibility index (Phi) is 16.2. The van der Waals surface area contributed by atoms with Gasteiger partial charge in [0.25, 0.3) is 10.1 Å². The van der Waals surface area contributed by atoms with Crippen LogP contribution in [0.1, 0.15) is 117 Å². The summed E-state index contributed by atoms with van der Waals surface area (Å²) in [7, 11) is -4.02. The maximum atomic E-state index is 10.5. The van der Waals surface area contributed by atoms with Crippen LogP contribution in [-0.4, -0.2) is 18.5 Å². The second-order valence-electron chi connectivity index (χ2n) is 9.69. The highest BCUT2D eigenvalue weighted by Gasteiger charge is 2.19. The summed E-state index contributed by atoms with van der Waals surface area (Å²) >= 11 is 0. The van der Waals surface area contributed by atoms with Crippen molar-refractivity contribution in [3.05, 3.63) is 29.8 Å². The molecule has 1 aromatic carbocycles. The Morgan fingerprint density at radius 3 is 1.58 bits per heavy atom. The smallest absolute Gasteiger partial charge is 0.294 e. The van der Waals surface area contributed by atoms with Crippen molar-refractivity contribution in [1.29, 1.82) is 0 Å². The van der Waals surface area contributed by atoms with E-state index < -0.39 is 10.1 Å². The van der Waals surface area contributed by atoms with Crippen LogP contribution in [0.25, 0.3) is 0 Å². The monoisotopic (exact) mass is 455 g/mol. The van der Waals surface area contributed by atoms with Crippen molar-refractivity contribution in [2.45, 2.75) is 129 Å². The molecule has 1 unspecified atom stereocenters. The number of hydrogen-bond donors (Lipinski definition) is 2. The first-order valence-electron chi connectivity index (χ1n) is 12.3. The molecule has 1 aromatic rings. The first-order valence-corrected chi connectivity index (χ1v) is 13.8. The van der Waals surface area contributed by atoms with Crippen LogP contribution in [0.5, 0.6) is 0 Å². The molecule has 0 saturated carbocycles. The van der Waals surface area contributed by atoms with Gasteiger partial charge in [-0.3, -0.25) is 4.55 Å². The first-order chi connectivity index (χ1) is 14.5. The topological polar surface area (TPSA) is 80.4 Å². The summed E-state index contributed by atoms with van der Waals surface area (Å²) < 4.78 is 29.6.